The predicted molar refractivity (Wildman–Crippen MR) is 79.7 cm³/mol. The molecule has 4 rings (SSSR count). The van der Waals surface area contributed by atoms with Crippen molar-refractivity contribution >= 4 is 21.9 Å². The Morgan fingerprint density at radius 2 is 2.00 bits per heavy atom. The fourth-order valence-electron chi connectivity index (χ4n) is 3.34. The average molecular weight is 303 g/mol. The molecular weight excluding hydrogens is 288 g/mol. The van der Waals surface area contributed by atoms with E-state index in [2.05, 4.69) is 10.3 Å². The number of β-amino-alcohol motifs (C(OH)–C–C–N with tert-alkyl or cyclic N) is 1. The third-order valence-electron chi connectivity index (χ3n) is 4.32. The fourth-order valence-corrected chi connectivity index (χ4v) is 3.34. The standard InChI is InChI=1S/C16H15F2N3O/c17-9-1-2-13-11(5-9)12-6-10(18)7-20-16(12)21(13)14-3-4-19-8-15(14)22/h1-2,5-7,14-15,19,22H,3-4,8H2/t14-,15-/m0/s1. The number of piperidine rings is 1. The van der Waals surface area contributed by atoms with Gasteiger partial charge in [-0.15, -0.1) is 0 Å². The minimum absolute atomic E-state index is 0.162. The number of aromatic nitrogens is 2. The van der Waals surface area contributed by atoms with E-state index in [4.69, 9.17) is 0 Å². The van der Waals surface area contributed by atoms with Crippen LogP contribution in [0.5, 0.6) is 0 Å². The molecule has 22 heavy (non-hydrogen) atoms. The van der Waals surface area contributed by atoms with Crippen LogP contribution in [0.1, 0.15) is 12.5 Å². The number of hydrogen-bond donors (Lipinski definition) is 2. The van der Waals surface area contributed by atoms with Gasteiger partial charge in [0.15, 0.2) is 0 Å². The van der Waals surface area contributed by atoms with Crippen molar-refractivity contribution in [2.45, 2.75) is 18.6 Å². The molecule has 1 aromatic carbocycles. The second kappa shape index (κ2) is 5.00. The highest BCUT2D eigenvalue weighted by atomic mass is 19.1. The van der Waals surface area contributed by atoms with Crippen molar-refractivity contribution in [3.8, 4) is 0 Å². The first-order valence-electron chi connectivity index (χ1n) is 7.28. The van der Waals surface area contributed by atoms with E-state index in [-0.39, 0.29) is 11.9 Å². The van der Waals surface area contributed by atoms with Crippen molar-refractivity contribution in [3.05, 3.63) is 42.1 Å². The molecule has 0 saturated carbocycles. The molecule has 0 bridgehead atoms. The van der Waals surface area contributed by atoms with Gasteiger partial charge in [-0.3, -0.25) is 0 Å². The summed E-state index contributed by atoms with van der Waals surface area (Å²) in [5, 5.41) is 14.6. The molecule has 4 nitrogen and oxygen atoms in total. The van der Waals surface area contributed by atoms with Crippen molar-refractivity contribution in [1.82, 2.24) is 14.9 Å². The minimum Gasteiger partial charge on any atom is -0.390 e. The molecule has 1 saturated heterocycles. The largest absolute Gasteiger partial charge is 0.390 e. The highest BCUT2D eigenvalue weighted by molar-refractivity contribution is 6.06. The molecule has 2 N–H and O–H groups in total. The Morgan fingerprint density at radius 1 is 1.18 bits per heavy atom. The summed E-state index contributed by atoms with van der Waals surface area (Å²) >= 11 is 0. The summed E-state index contributed by atoms with van der Waals surface area (Å²) in [6, 6.07) is 5.64. The second-order valence-corrected chi connectivity index (χ2v) is 5.68. The lowest BCUT2D eigenvalue weighted by Gasteiger charge is -2.30. The lowest BCUT2D eigenvalue weighted by Crippen LogP contribution is -2.41. The molecule has 1 aliphatic rings. The van der Waals surface area contributed by atoms with Crippen LogP contribution in [-0.4, -0.2) is 33.9 Å². The Kier molecular flexibility index (Phi) is 3.09. The van der Waals surface area contributed by atoms with Crippen molar-refractivity contribution in [2.75, 3.05) is 13.1 Å². The number of aliphatic hydroxyl groups excluding tert-OH is 1. The highest BCUT2D eigenvalue weighted by Crippen LogP contribution is 2.34. The number of fused-ring (bicyclic) bond motifs is 3. The van der Waals surface area contributed by atoms with Crippen LogP contribution in [0, 0.1) is 11.6 Å². The van der Waals surface area contributed by atoms with Gasteiger partial charge in [0.1, 0.15) is 17.3 Å². The van der Waals surface area contributed by atoms with Gasteiger partial charge < -0.3 is 15.0 Å². The molecule has 2 atom stereocenters. The monoisotopic (exact) mass is 303 g/mol. The first kappa shape index (κ1) is 13.6. The Morgan fingerprint density at radius 3 is 2.82 bits per heavy atom. The van der Waals surface area contributed by atoms with Gasteiger partial charge in [0, 0.05) is 17.3 Å². The molecule has 0 amide bonds. The van der Waals surface area contributed by atoms with Gasteiger partial charge >= 0.3 is 0 Å². The predicted octanol–water partition coefficient (Wildman–Crippen LogP) is 2.36. The van der Waals surface area contributed by atoms with Crippen LogP contribution in [0.15, 0.2) is 30.5 Å². The molecule has 0 spiro atoms. The van der Waals surface area contributed by atoms with E-state index in [1.165, 1.54) is 18.2 Å². The van der Waals surface area contributed by atoms with Crippen molar-refractivity contribution in [3.63, 3.8) is 0 Å². The quantitative estimate of drug-likeness (QED) is 0.725. The molecule has 114 valence electrons. The number of halogens is 2. The Bertz CT molecular complexity index is 802. The molecule has 1 fully saturated rings. The van der Waals surface area contributed by atoms with Gasteiger partial charge in [-0.2, -0.15) is 0 Å². The Balaban J connectivity index is 2.06. The van der Waals surface area contributed by atoms with Crippen molar-refractivity contribution in [1.29, 1.82) is 0 Å². The summed E-state index contributed by atoms with van der Waals surface area (Å²) in [7, 11) is 0. The van der Waals surface area contributed by atoms with Crippen LogP contribution in [0.2, 0.25) is 0 Å². The molecule has 3 heterocycles. The topological polar surface area (TPSA) is 50.1 Å². The van der Waals surface area contributed by atoms with Crippen LogP contribution in [0.3, 0.4) is 0 Å². The maximum Gasteiger partial charge on any atom is 0.142 e. The summed E-state index contributed by atoms with van der Waals surface area (Å²) in [6.45, 7) is 1.28. The van der Waals surface area contributed by atoms with Gasteiger partial charge in [0.05, 0.1) is 23.9 Å². The van der Waals surface area contributed by atoms with Gasteiger partial charge in [0.2, 0.25) is 0 Å². The first-order chi connectivity index (χ1) is 10.6. The molecule has 6 heteroatoms. The molecule has 1 aliphatic heterocycles. The maximum atomic E-state index is 13.6. The second-order valence-electron chi connectivity index (χ2n) is 5.68. The third kappa shape index (κ3) is 1.99. The van der Waals surface area contributed by atoms with E-state index in [0.29, 0.717) is 23.0 Å². The number of pyridine rings is 1. The van der Waals surface area contributed by atoms with Crippen LogP contribution in [0.4, 0.5) is 8.78 Å². The average Bonchev–Trinajstić information content (AvgIpc) is 2.81. The zero-order chi connectivity index (χ0) is 15.3. The van der Waals surface area contributed by atoms with Gasteiger partial charge in [-0.25, -0.2) is 13.8 Å². The van der Waals surface area contributed by atoms with Crippen molar-refractivity contribution in [2.24, 2.45) is 0 Å². The molecule has 0 unspecified atom stereocenters. The fraction of sp³-hybridized carbons (Fsp3) is 0.312. The van der Waals surface area contributed by atoms with Crippen LogP contribution >= 0.6 is 0 Å². The molecule has 0 radical (unpaired) electrons. The SMILES string of the molecule is O[C@H]1CNCC[C@@H]1n1c2ccc(F)cc2c2cc(F)cnc21. The van der Waals surface area contributed by atoms with E-state index in [0.717, 1.165) is 24.7 Å². The number of nitrogens with zero attached hydrogens (tertiary/aromatic N) is 2. The third-order valence-corrected chi connectivity index (χ3v) is 4.32. The summed E-state index contributed by atoms with van der Waals surface area (Å²) in [6.07, 6.45) is 1.32. The number of rotatable bonds is 1. The first-order valence-corrected chi connectivity index (χ1v) is 7.28. The number of benzene rings is 1. The maximum absolute atomic E-state index is 13.6. The van der Waals surface area contributed by atoms with Crippen LogP contribution in [0.25, 0.3) is 21.9 Å². The van der Waals surface area contributed by atoms with E-state index >= 15 is 0 Å². The lowest BCUT2D eigenvalue weighted by atomic mass is 10.0. The number of aliphatic hydroxyl groups is 1. The van der Waals surface area contributed by atoms with Gasteiger partial charge in [-0.1, -0.05) is 0 Å². The summed E-state index contributed by atoms with van der Waals surface area (Å²) in [4.78, 5) is 4.19. The normalized spacial score (nSPS) is 22.5. The zero-order valence-electron chi connectivity index (χ0n) is 11.8. The number of hydrogen-bond acceptors (Lipinski definition) is 3. The Labute approximate surface area is 125 Å². The van der Waals surface area contributed by atoms with E-state index in [1.54, 1.807) is 6.07 Å². The molecular formula is C16H15F2N3O. The van der Waals surface area contributed by atoms with E-state index in [9.17, 15) is 13.9 Å². The Hall–Kier alpha value is -2.05. The van der Waals surface area contributed by atoms with Crippen LogP contribution < -0.4 is 5.32 Å². The van der Waals surface area contributed by atoms with E-state index < -0.39 is 11.9 Å². The molecule has 0 aliphatic carbocycles. The zero-order valence-corrected chi connectivity index (χ0v) is 11.8. The minimum atomic E-state index is -0.565. The van der Waals surface area contributed by atoms with E-state index in [1.807, 2.05) is 4.57 Å². The number of nitrogens with one attached hydrogen (secondary N) is 1. The highest BCUT2D eigenvalue weighted by Gasteiger charge is 2.28. The summed E-state index contributed by atoms with van der Waals surface area (Å²) in [5.74, 6) is -0.830. The van der Waals surface area contributed by atoms with Gasteiger partial charge in [0.25, 0.3) is 0 Å². The smallest absolute Gasteiger partial charge is 0.142 e. The summed E-state index contributed by atoms with van der Waals surface area (Å²) in [5.41, 5.74) is 1.34. The van der Waals surface area contributed by atoms with Crippen molar-refractivity contribution < 1.29 is 13.9 Å². The molecule has 2 aromatic heterocycles. The lowest BCUT2D eigenvalue weighted by molar-refractivity contribution is 0.0910. The summed E-state index contributed by atoms with van der Waals surface area (Å²) < 4.78 is 29.1. The molecule has 3 aromatic rings. The van der Waals surface area contributed by atoms with Gasteiger partial charge in [-0.05, 0) is 37.2 Å². The van der Waals surface area contributed by atoms with Crippen LogP contribution in [-0.2, 0) is 0 Å².